The fraction of sp³-hybridized carbons (Fsp3) is 0.429. The van der Waals surface area contributed by atoms with Gasteiger partial charge in [0, 0.05) is 18.0 Å². The van der Waals surface area contributed by atoms with Crippen LogP contribution in [0.5, 0.6) is 0 Å². The molecule has 0 bridgehead atoms. The van der Waals surface area contributed by atoms with Gasteiger partial charge in [-0.15, -0.1) is 0 Å². The zero-order valence-electron chi connectivity index (χ0n) is 10.3. The van der Waals surface area contributed by atoms with Crippen LogP contribution in [0.3, 0.4) is 0 Å². The van der Waals surface area contributed by atoms with Gasteiger partial charge in [-0.1, -0.05) is 0 Å². The first-order chi connectivity index (χ1) is 8.85. The van der Waals surface area contributed by atoms with Gasteiger partial charge in [0.05, 0.1) is 5.69 Å². The molecule has 1 aliphatic rings. The molecule has 94 valence electrons. The van der Waals surface area contributed by atoms with Crippen LogP contribution in [0.4, 0.5) is 0 Å². The molecule has 0 amide bonds. The van der Waals surface area contributed by atoms with Crippen molar-refractivity contribution in [2.75, 3.05) is 13.1 Å². The number of aromatic nitrogens is 2. The van der Waals surface area contributed by atoms with Gasteiger partial charge in [0.15, 0.2) is 0 Å². The Morgan fingerprint density at radius 3 is 3.28 bits per heavy atom. The van der Waals surface area contributed by atoms with Crippen LogP contribution in [0.1, 0.15) is 28.9 Å². The number of pyridine rings is 1. The van der Waals surface area contributed by atoms with E-state index in [0.29, 0.717) is 11.5 Å². The number of hydrogen-bond acceptors (Lipinski definition) is 3. The maximum Gasteiger partial charge on any atom is 0.150 e. The average Bonchev–Trinajstić information content (AvgIpc) is 2.80. The molecule has 1 unspecified atom stereocenters. The predicted octanol–water partition coefficient (Wildman–Crippen LogP) is 1.69. The van der Waals surface area contributed by atoms with Gasteiger partial charge in [-0.05, 0) is 50.4 Å². The third-order valence-corrected chi connectivity index (χ3v) is 3.57. The minimum Gasteiger partial charge on any atom is -0.316 e. The molecule has 0 aromatic carbocycles. The van der Waals surface area contributed by atoms with E-state index in [9.17, 15) is 4.79 Å². The van der Waals surface area contributed by atoms with Gasteiger partial charge < -0.3 is 9.72 Å². The quantitative estimate of drug-likeness (QED) is 0.834. The maximum atomic E-state index is 10.7. The Hall–Kier alpha value is -1.68. The summed E-state index contributed by atoms with van der Waals surface area (Å²) in [6, 6.07) is 3.64. The second kappa shape index (κ2) is 4.90. The van der Waals surface area contributed by atoms with E-state index in [2.05, 4.69) is 16.5 Å². The standard InChI is InChI=1S/C14H17N3O/c18-10-12-3-5-17-9-13(16-14(17)7-12)6-11-2-1-4-15-8-11/h3,5,7,9-11,15H,1-2,4,6,8H2. The fourth-order valence-corrected chi connectivity index (χ4v) is 2.62. The summed E-state index contributed by atoms with van der Waals surface area (Å²) in [4.78, 5) is 15.3. The van der Waals surface area contributed by atoms with Gasteiger partial charge in [-0.25, -0.2) is 4.98 Å². The van der Waals surface area contributed by atoms with Crippen LogP contribution in [0.2, 0.25) is 0 Å². The number of carbonyl (C=O) groups excluding carboxylic acids is 1. The van der Waals surface area contributed by atoms with Gasteiger partial charge in [0.1, 0.15) is 11.9 Å². The normalized spacial score (nSPS) is 20.1. The highest BCUT2D eigenvalue weighted by molar-refractivity contribution is 5.76. The smallest absolute Gasteiger partial charge is 0.150 e. The SMILES string of the molecule is O=Cc1ccn2cc(CC3CCCNC3)nc2c1. The van der Waals surface area contributed by atoms with E-state index in [1.54, 1.807) is 0 Å². The molecular formula is C14H17N3O. The molecule has 2 aromatic heterocycles. The Balaban J connectivity index is 1.81. The number of aldehydes is 1. The molecule has 0 radical (unpaired) electrons. The number of carbonyl (C=O) groups is 1. The number of nitrogens with one attached hydrogen (secondary N) is 1. The molecule has 1 N–H and O–H groups in total. The third kappa shape index (κ3) is 2.29. The molecular weight excluding hydrogens is 226 g/mol. The predicted molar refractivity (Wildman–Crippen MR) is 69.9 cm³/mol. The zero-order valence-corrected chi connectivity index (χ0v) is 10.3. The van der Waals surface area contributed by atoms with Crippen LogP contribution in [0.15, 0.2) is 24.5 Å². The van der Waals surface area contributed by atoms with Crippen LogP contribution in [-0.2, 0) is 6.42 Å². The van der Waals surface area contributed by atoms with Crippen molar-refractivity contribution in [1.29, 1.82) is 0 Å². The summed E-state index contributed by atoms with van der Waals surface area (Å²) in [6.07, 6.45) is 8.38. The highest BCUT2D eigenvalue weighted by Gasteiger charge is 2.15. The van der Waals surface area contributed by atoms with E-state index >= 15 is 0 Å². The van der Waals surface area contributed by atoms with Crippen molar-refractivity contribution in [2.24, 2.45) is 5.92 Å². The molecule has 1 atom stereocenters. The van der Waals surface area contributed by atoms with E-state index in [-0.39, 0.29) is 0 Å². The van der Waals surface area contributed by atoms with Gasteiger partial charge >= 0.3 is 0 Å². The Bertz CT molecular complexity index is 555. The van der Waals surface area contributed by atoms with Crippen molar-refractivity contribution in [2.45, 2.75) is 19.3 Å². The van der Waals surface area contributed by atoms with Crippen molar-refractivity contribution in [1.82, 2.24) is 14.7 Å². The number of hydrogen-bond donors (Lipinski definition) is 1. The summed E-state index contributed by atoms with van der Waals surface area (Å²) in [5.41, 5.74) is 2.66. The topological polar surface area (TPSA) is 46.4 Å². The average molecular weight is 243 g/mol. The lowest BCUT2D eigenvalue weighted by Gasteiger charge is -2.21. The van der Waals surface area contributed by atoms with Crippen LogP contribution >= 0.6 is 0 Å². The van der Waals surface area contributed by atoms with Gasteiger partial charge in [-0.2, -0.15) is 0 Å². The summed E-state index contributed by atoms with van der Waals surface area (Å²) in [5.74, 6) is 0.689. The van der Waals surface area contributed by atoms with Gasteiger partial charge in [0.25, 0.3) is 0 Å². The maximum absolute atomic E-state index is 10.7. The van der Waals surface area contributed by atoms with Crippen molar-refractivity contribution < 1.29 is 4.79 Å². The van der Waals surface area contributed by atoms with E-state index in [0.717, 1.165) is 37.1 Å². The second-order valence-corrected chi connectivity index (χ2v) is 4.99. The minimum absolute atomic E-state index is 0.680. The summed E-state index contributed by atoms with van der Waals surface area (Å²) >= 11 is 0. The highest BCUT2D eigenvalue weighted by atomic mass is 16.1. The van der Waals surface area contributed by atoms with Crippen LogP contribution in [0.25, 0.3) is 5.65 Å². The lowest BCUT2D eigenvalue weighted by Crippen LogP contribution is -2.30. The molecule has 18 heavy (non-hydrogen) atoms. The molecule has 3 heterocycles. The molecule has 4 heteroatoms. The van der Waals surface area contributed by atoms with Gasteiger partial charge in [-0.3, -0.25) is 4.79 Å². The van der Waals surface area contributed by atoms with E-state index < -0.39 is 0 Å². The first-order valence-corrected chi connectivity index (χ1v) is 6.49. The van der Waals surface area contributed by atoms with Gasteiger partial charge in [0.2, 0.25) is 0 Å². The molecule has 0 saturated carbocycles. The minimum atomic E-state index is 0.680. The summed E-state index contributed by atoms with van der Waals surface area (Å²) in [7, 11) is 0. The summed E-state index contributed by atoms with van der Waals surface area (Å²) in [5, 5.41) is 3.43. The Morgan fingerprint density at radius 2 is 2.50 bits per heavy atom. The Morgan fingerprint density at radius 1 is 1.56 bits per heavy atom. The van der Waals surface area contributed by atoms with E-state index in [4.69, 9.17) is 0 Å². The van der Waals surface area contributed by atoms with Crippen LogP contribution in [-0.4, -0.2) is 28.8 Å². The summed E-state index contributed by atoms with van der Waals surface area (Å²) in [6.45, 7) is 2.23. The zero-order chi connectivity index (χ0) is 12.4. The molecule has 1 aliphatic heterocycles. The summed E-state index contributed by atoms with van der Waals surface area (Å²) < 4.78 is 1.98. The van der Waals surface area contributed by atoms with Crippen molar-refractivity contribution in [3.05, 3.63) is 35.8 Å². The van der Waals surface area contributed by atoms with E-state index in [1.807, 2.05) is 22.7 Å². The number of fused-ring (bicyclic) bond motifs is 1. The number of rotatable bonds is 3. The van der Waals surface area contributed by atoms with Crippen molar-refractivity contribution in [3.8, 4) is 0 Å². The number of piperidine rings is 1. The first-order valence-electron chi connectivity index (χ1n) is 6.49. The van der Waals surface area contributed by atoms with Crippen LogP contribution < -0.4 is 5.32 Å². The molecule has 2 aromatic rings. The largest absolute Gasteiger partial charge is 0.316 e. The monoisotopic (exact) mass is 243 g/mol. The molecule has 1 fully saturated rings. The van der Waals surface area contributed by atoms with Crippen molar-refractivity contribution in [3.63, 3.8) is 0 Å². The van der Waals surface area contributed by atoms with Crippen molar-refractivity contribution >= 4 is 11.9 Å². The number of nitrogens with zero attached hydrogens (tertiary/aromatic N) is 2. The number of imidazole rings is 1. The Labute approximate surface area is 106 Å². The molecule has 4 nitrogen and oxygen atoms in total. The molecule has 1 saturated heterocycles. The lowest BCUT2D eigenvalue weighted by atomic mass is 9.95. The second-order valence-electron chi connectivity index (χ2n) is 4.99. The third-order valence-electron chi connectivity index (χ3n) is 3.57. The molecule has 0 spiro atoms. The molecule has 0 aliphatic carbocycles. The van der Waals surface area contributed by atoms with E-state index in [1.165, 1.54) is 12.8 Å². The lowest BCUT2D eigenvalue weighted by molar-refractivity contribution is 0.112. The molecule has 3 rings (SSSR count). The first kappa shape index (κ1) is 11.4. The fourth-order valence-electron chi connectivity index (χ4n) is 2.62. The van der Waals surface area contributed by atoms with Crippen LogP contribution in [0, 0.1) is 5.92 Å². The highest BCUT2D eigenvalue weighted by Crippen LogP contribution is 2.16. The Kier molecular flexibility index (Phi) is 3.11.